The van der Waals surface area contributed by atoms with E-state index < -0.39 is 0 Å². The monoisotopic (exact) mass is 311 g/mol. The van der Waals surface area contributed by atoms with E-state index in [9.17, 15) is 4.79 Å². The molecule has 5 nitrogen and oxygen atoms in total. The number of esters is 1. The lowest BCUT2D eigenvalue weighted by Gasteiger charge is -2.05. The first-order valence-corrected chi connectivity index (χ1v) is 8.22. The Morgan fingerprint density at radius 1 is 1.45 bits per heavy atom. The quantitative estimate of drug-likeness (QED) is 0.503. The summed E-state index contributed by atoms with van der Waals surface area (Å²) in [7, 11) is 1.39. The molecule has 0 aliphatic rings. The molecule has 2 aromatic heterocycles. The van der Waals surface area contributed by atoms with Crippen molar-refractivity contribution in [3.63, 3.8) is 0 Å². The van der Waals surface area contributed by atoms with Gasteiger partial charge in [-0.3, -0.25) is 4.79 Å². The zero-order valence-corrected chi connectivity index (χ0v) is 13.4. The molecule has 2 aromatic rings. The number of rotatable bonds is 6. The van der Waals surface area contributed by atoms with E-state index in [4.69, 9.17) is 0 Å². The van der Waals surface area contributed by atoms with E-state index in [2.05, 4.69) is 33.0 Å². The molecule has 2 heterocycles. The number of anilines is 1. The summed E-state index contributed by atoms with van der Waals surface area (Å²) in [5.41, 5.74) is 0. The van der Waals surface area contributed by atoms with Gasteiger partial charge in [-0.15, -0.1) is 11.3 Å². The first-order chi connectivity index (χ1) is 9.67. The van der Waals surface area contributed by atoms with Crippen molar-refractivity contribution < 1.29 is 9.53 Å². The lowest BCUT2D eigenvalue weighted by atomic mass is 10.3. The van der Waals surface area contributed by atoms with Crippen LogP contribution >= 0.6 is 23.1 Å². The number of thioether (sulfide) groups is 1. The normalized spacial score (nSPS) is 10.8. The van der Waals surface area contributed by atoms with Crippen LogP contribution < -0.4 is 5.32 Å². The van der Waals surface area contributed by atoms with Crippen molar-refractivity contribution in [2.75, 3.05) is 24.7 Å². The summed E-state index contributed by atoms with van der Waals surface area (Å²) < 4.78 is 4.67. The van der Waals surface area contributed by atoms with Crippen LogP contribution in [0.15, 0.2) is 11.1 Å². The molecule has 0 radical (unpaired) electrons. The smallest absolute Gasteiger partial charge is 0.316 e. The van der Waals surface area contributed by atoms with E-state index in [1.165, 1.54) is 23.7 Å². The van der Waals surface area contributed by atoms with Crippen LogP contribution in [0.5, 0.6) is 0 Å². The number of aryl methyl sites for hydroxylation is 1. The predicted molar refractivity (Wildman–Crippen MR) is 83.7 cm³/mol. The second kappa shape index (κ2) is 6.90. The SMILES string of the molecule is CCNc1nc(SCC(=O)OC)c2cc(CC)sc2n1. The van der Waals surface area contributed by atoms with Crippen LogP contribution in [-0.4, -0.2) is 35.3 Å². The highest BCUT2D eigenvalue weighted by atomic mass is 32.2. The predicted octanol–water partition coefficient (Wildman–Crippen LogP) is 2.95. The Labute approximate surface area is 126 Å². The molecule has 0 bridgehead atoms. The van der Waals surface area contributed by atoms with Crippen LogP contribution in [0, 0.1) is 0 Å². The Bertz CT molecular complexity index is 613. The van der Waals surface area contributed by atoms with Gasteiger partial charge in [-0.1, -0.05) is 18.7 Å². The van der Waals surface area contributed by atoms with E-state index in [0.717, 1.165) is 28.2 Å². The molecular weight excluding hydrogens is 294 g/mol. The number of hydrogen-bond donors (Lipinski definition) is 1. The van der Waals surface area contributed by atoms with Crippen molar-refractivity contribution in [1.82, 2.24) is 9.97 Å². The van der Waals surface area contributed by atoms with Gasteiger partial charge in [-0.05, 0) is 19.4 Å². The summed E-state index contributed by atoms with van der Waals surface area (Å²) in [6, 6.07) is 2.11. The number of thiophene rings is 1. The molecule has 20 heavy (non-hydrogen) atoms. The minimum Gasteiger partial charge on any atom is -0.468 e. The fourth-order valence-corrected chi connectivity index (χ4v) is 3.52. The summed E-state index contributed by atoms with van der Waals surface area (Å²) in [5, 5.41) is 4.97. The number of nitrogens with zero attached hydrogens (tertiary/aromatic N) is 2. The fourth-order valence-electron chi connectivity index (χ4n) is 1.65. The molecule has 0 unspecified atom stereocenters. The minimum atomic E-state index is -0.252. The lowest BCUT2D eigenvalue weighted by Crippen LogP contribution is -2.05. The molecule has 0 amide bonds. The van der Waals surface area contributed by atoms with Crippen LogP contribution in [0.2, 0.25) is 0 Å². The van der Waals surface area contributed by atoms with Gasteiger partial charge in [-0.2, -0.15) is 0 Å². The molecule has 1 N–H and O–H groups in total. The molecule has 7 heteroatoms. The molecule has 0 saturated carbocycles. The second-order valence-corrected chi connectivity index (χ2v) is 6.11. The molecular formula is C13H17N3O2S2. The number of fused-ring (bicyclic) bond motifs is 1. The van der Waals surface area contributed by atoms with Gasteiger partial charge in [0, 0.05) is 16.8 Å². The second-order valence-electron chi connectivity index (χ2n) is 4.03. The Morgan fingerprint density at radius 3 is 2.90 bits per heavy atom. The number of methoxy groups -OCH3 is 1. The lowest BCUT2D eigenvalue weighted by molar-refractivity contribution is -0.137. The average Bonchev–Trinajstić information content (AvgIpc) is 2.87. The third-order valence-electron chi connectivity index (χ3n) is 2.65. The zero-order chi connectivity index (χ0) is 14.5. The van der Waals surface area contributed by atoms with Crippen molar-refractivity contribution in [3.8, 4) is 0 Å². The van der Waals surface area contributed by atoms with Gasteiger partial charge in [0.25, 0.3) is 0 Å². The van der Waals surface area contributed by atoms with Crippen molar-refractivity contribution in [2.24, 2.45) is 0 Å². The van der Waals surface area contributed by atoms with Crippen molar-refractivity contribution in [1.29, 1.82) is 0 Å². The first kappa shape index (κ1) is 15.1. The molecule has 0 spiro atoms. The highest BCUT2D eigenvalue weighted by Gasteiger charge is 2.13. The van der Waals surface area contributed by atoms with Crippen molar-refractivity contribution in [3.05, 3.63) is 10.9 Å². The van der Waals surface area contributed by atoms with Crippen LogP contribution in [-0.2, 0) is 16.0 Å². The number of carbonyl (C=O) groups excluding carboxylic acids is 1. The molecule has 0 atom stereocenters. The van der Waals surface area contributed by atoms with Crippen LogP contribution in [0.3, 0.4) is 0 Å². The maximum atomic E-state index is 11.3. The largest absolute Gasteiger partial charge is 0.468 e. The van der Waals surface area contributed by atoms with Gasteiger partial charge in [0.1, 0.15) is 9.86 Å². The maximum Gasteiger partial charge on any atom is 0.316 e. The molecule has 0 fully saturated rings. The Morgan fingerprint density at radius 2 is 2.25 bits per heavy atom. The highest BCUT2D eigenvalue weighted by molar-refractivity contribution is 8.00. The van der Waals surface area contributed by atoms with Gasteiger partial charge < -0.3 is 10.1 Å². The summed E-state index contributed by atoms with van der Waals surface area (Å²) in [6.07, 6.45) is 0.971. The van der Waals surface area contributed by atoms with Gasteiger partial charge in [0.15, 0.2) is 0 Å². The summed E-state index contributed by atoms with van der Waals surface area (Å²) >= 11 is 3.06. The Kier molecular flexibility index (Phi) is 5.19. The van der Waals surface area contributed by atoms with Gasteiger partial charge >= 0.3 is 5.97 Å². The highest BCUT2D eigenvalue weighted by Crippen LogP contribution is 2.32. The topological polar surface area (TPSA) is 64.1 Å². The fraction of sp³-hybridized carbons (Fsp3) is 0.462. The van der Waals surface area contributed by atoms with E-state index >= 15 is 0 Å². The van der Waals surface area contributed by atoms with Crippen LogP contribution in [0.25, 0.3) is 10.2 Å². The average molecular weight is 311 g/mol. The molecule has 0 aliphatic carbocycles. The number of carbonyl (C=O) groups is 1. The summed E-state index contributed by atoms with van der Waals surface area (Å²) in [6.45, 7) is 4.88. The number of ether oxygens (including phenoxy) is 1. The number of aromatic nitrogens is 2. The Hall–Kier alpha value is -1.34. The number of hydrogen-bond acceptors (Lipinski definition) is 7. The summed E-state index contributed by atoms with van der Waals surface area (Å²) in [4.78, 5) is 22.5. The van der Waals surface area contributed by atoms with E-state index in [1.807, 2.05) is 6.92 Å². The molecule has 2 rings (SSSR count). The third kappa shape index (κ3) is 3.40. The van der Waals surface area contributed by atoms with Gasteiger partial charge in [0.05, 0.1) is 12.9 Å². The maximum absolute atomic E-state index is 11.3. The van der Waals surface area contributed by atoms with E-state index in [0.29, 0.717) is 5.95 Å². The summed E-state index contributed by atoms with van der Waals surface area (Å²) in [5.74, 6) is 0.612. The van der Waals surface area contributed by atoms with Crippen molar-refractivity contribution >= 4 is 45.2 Å². The molecule has 0 aromatic carbocycles. The minimum absolute atomic E-state index is 0.252. The van der Waals surface area contributed by atoms with Gasteiger partial charge in [0.2, 0.25) is 5.95 Å². The number of nitrogens with one attached hydrogen (secondary N) is 1. The Balaban J connectivity index is 2.37. The van der Waals surface area contributed by atoms with E-state index in [-0.39, 0.29) is 11.7 Å². The third-order valence-corrected chi connectivity index (χ3v) is 4.78. The molecule has 0 saturated heterocycles. The first-order valence-electron chi connectivity index (χ1n) is 6.41. The van der Waals surface area contributed by atoms with Gasteiger partial charge in [-0.25, -0.2) is 9.97 Å². The van der Waals surface area contributed by atoms with Crippen LogP contribution in [0.1, 0.15) is 18.7 Å². The van der Waals surface area contributed by atoms with Crippen molar-refractivity contribution in [2.45, 2.75) is 25.3 Å². The molecule has 108 valence electrons. The molecule has 0 aliphatic heterocycles. The van der Waals surface area contributed by atoms with Crippen LogP contribution in [0.4, 0.5) is 5.95 Å². The standard InChI is InChI=1S/C13H17N3O2S2/c1-4-8-6-9-11(19-7-10(17)18-3)15-13(14-5-2)16-12(9)20-8/h6H,4-5,7H2,1-3H3,(H,14,15,16). The zero-order valence-electron chi connectivity index (χ0n) is 11.7. The van der Waals surface area contributed by atoms with E-state index in [1.54, 1.807) is 11.3 Å².